The van der Waals surface area contributed by atoms with E-state index in [4.69, 9.17) is 0 Å². The van der Waals surface area contributed by atoms with Gasteiger partial charge in [-0.25, -0.2) is 0 Å². The molecule has 3 atom stereocenters. The van der Waals surface area contributed by atoms with Crippen molar-refractivity contribution in [2.45, 2.75) is 27.2 Å². The highest BCUT2D eigenvalue weighted by Gasteiger charge is 2.61. The van der Waals surface area contributed by atoms with Crippen molar-refractivity contribution in [3.63, 3.8) is 0 Å². The van der Waals surface area contributed by atoms with Crippen molar-refractivity contribution in [1.29, 1.82) is 0 Å². The predicted molar refractivity (Wildman–Crippen MR) is 47.6 cm³/mol. The van der Waals surface area contributed by atoms with Crippen molar-refractivity contribution in [2.24, 2.45) is 23.2 Å². The lowest BCUT2D eigenvalue weighted by Gasteiger charge is -2.29. The smallest absolute Gasteiger partial charge is 0.223 e. The van der Waals surface area contributed by atoms with Crippen LogP contribution in [-0.4, -0.2) is 12.5 Å². The van der Waals surface area contributed by atoms with Gasteiger partial charge in [0.2, 0.25) is 5.91 Å². The molecule has 1 saturated heterocycles. The molecule has 0 aromatic heterocycles. The number of amides is 1. The Morgan fingerprint density at radius 1 is 1.58 bits per heavy atom. The first-order valence-corrected chi connectivity index (χ1v) is 4.85. The Labute approximate surface area is 73.7 Å². The average Bonchev–Trinajstić information content (AvgIpc) is 2.74. The summed E-state index contributed by atoms with van der Waals surface area (Å²) in [5.74, 6) is 1.90. The van der Waals surface area contributed by atoms with Gasteiger partial charge in [0.05, 0.1) is 0 Å². The van der Waals surface area contributed by atoms with Crippen molar-refractivity contribution in [3.05, 3.63) is 0 Å². The van der Waals surface area contributed by atoms with Crippen molar-refractivity contribution in [3.8, 4) is 0 Å². The van der Waals surface area contributed by atoms with Gasteiger partial charge >= 0.3 is 0 Å². The molecule has 2 aliphatic rings. The fourth-order valence-electron chi connectivity index (χ4n) is 2.69. The topological polar surface area (TPSA) is 29.1 Å². The van der Waals surface area contributed by atoms with Crippen LogP contribution in [0.1, 0.15) is 27.2 Å². The third kappa shape index (κ3) is 0.838. The second-order valence-corrected chi connectivity index (χ2v) is 4.70. The summed E-state index contributed by atoms with van der Waals surface area (Å²) in [4.78, 5) is 11.3. The summed E-state index contributed by atoms with van der Waals surface area (Å²) in [5.41, 5.74) is 0.466. The van der Waals surface area contributed by atoms with Gasteiger partial charge in [0.1, 0.15) is 0 Å². The van der Waals surface area contributed by atoms with Crippen molar-refractivity contribution < 1.29 is 4.79 Å². The quantitative estimate of drug-likeness (QED) is 0.628. The Morgan fingerprint density at radius 2 is 2.25 bits per heavy atom. The molecule has 1 aliphatic heterocycles. The van der Waals surface area contributed by atoms with Gasteiger partial charge in [-0.1, -0.05) is 20.8 Å². The summed E-state index contributed by atoms with van der Waals surface area (Å²) >= 11 is 0. The molecule has 2 nitrogen and oxygen atoms in total. The van der Waals surface area contributed by atoms with Crippen LogP contribution < -0.4 is 5.32 Å². The molecular formula is C10H17NO. The predicted octanol–water partition coefficient (Wildman–Crippen LogP) is 1.41. The number of carbonyl (C=O) groups excluding carboxylic acids is 1. The first-order valence-electron chi connectivity index (χ1n) is 4.85. The second-order valence-electron chi connectivity index (χ2n) is 4.70. The van der Waals surface area contributed by atoms with E-state index in [9.17, 15) is 4.79 Å². The van der Waals surface area contributed by atoms with Crippen LogP contribution in [-0.2, 0) is 4.79 Å². The zero-order valence-electron chi connectivity index (χ0n) is 8.05. The maximum Gasteiger partial charge on any atom is 0.223 e. The Kier molecular flexibility index (Phi) is 1.51. The lowest BCUT2D eigenvalue weighted by Crippen LogP contribution is -2.43. The van der Waals surface area contributed by atoms with E-state index in [1.54, 1.807) is 0 Å². The lowest BCUT2D eigenvalue weighted by molar-refractivity contribution is -0.127. The summed E-state index contributed by atoms with van der Waals surface area (Å²) in [5, 5.41) is 3.01. The minimum absolute atomic E-state index is 0.251. The van der Waals surface area contributed by atoms with E-state index in [1.807, 2.05) is 0 Å². The first kappa shape index (κ1) is 8.09. The summed E-state index contributed by atoms with van der Waals surface area (Å²) in [6.45, 7) is 7.51. The summed E-state index contributed by atoms with van der Waals surface area (Å²) in [6.07, 6.45) is 1.25. The van der Waals surface area contributed by atoms with Crippen LogP contribution in [0.15, 0.2) is 0 Å². The third-order valence-corrected chi connectivity index (χ3v) is 3.94. The monoisotopic (exact) mass is 167 g/mol. The molecule has 2 fully saturated rings. The summed E-state index contributed by atoms with van der Waals surface area (Å²) in [7, 11) is 0. The molecule has 3 unspecified atom stereocenters. The standard InChI is InChI=1S/C10H17NO/c1-6(2)10-4-8(10)7(3)9(12)11-5-10/h6-8H,4-5H2,1-3H3,(H,11,12). The van der Waals surface area contributed by atoms with E-state index in [0.29, 0.717) is 17.3 Å². The molecule has 1 saturated carbocycles. The highest BCUT2D eigenvalue weighted by atomic mass is 16.2. The van der Waals surface area contributed by atoms with E-state index < -0.39 is 0 Å². The van der Waals surface area contributed by atoms with Crippen LogP contribution in [0.2, 0.25) is 0 Å². The molecule has 0 spiro atoms. The number of nitrogens with one attached hydrogen (secondary N) is 1. The average molecular weight is 167 g/mol. The molecule has 0 aromatic rings. The maximum absolute atomic E-state index is 11.3. The number of rotatable bonds is 1. The minimum Gasteiger partial charge on any atom is -0.355 e. The largest absolute Gasteiger partial charge is 0.355 e. The second kappa shape index (κ2) is 2.24. The molecule has 2 rings (SSSR count). The highest BCUT2D eigenvalue weighted by molar-refractivity contribution is 5.80. The van der Waals surface area contributed by atoms with Crippen LogP contribution in [0.4, 0.5) is 0 Å². The van der Waals surface area contributed by atoms with Gasteiger partial charge in [0.25, 0.3) is 0 Å². The Morgan fingerprint density at radius 3 is 2.83 bits per heavy atom. The molecule has 0 aromatic carbocycles. The molecule has 1 heterocycles. The molecule has 1 amide bonds. The summed E-state index contributed by atoms with van der Waals surface area (Å²) in [6, 6.07) is 0. The molecule has 1 aliphatic carbocycles. The fraction of sp³-hybridized carbons (Fsp3) is 0.900. The van der Waals surface area contributed by atoms with Crippen molar-refractivity contribution in [1.82, 2.24) is 5.32 Å². The zero-order chi connectivity index (χ0) is 8.93. The number of fused-ring (bicyclic) bond motifs is 1. The van der Waals surface area contributed by atoms with Crippen LogP contribution in [0.5, 0.6) is 0 Å². The molecule has 12 heavy (non-hydrogen) atoms. The van der Waals surface area contributed by atoms with E-state index in [2.05, 4.69) is 26.1 Å². The van der Waals surface area contributed by atoms with E-state index >= 15 is 0 Å². The number of piperidine rings is 1. The number of hydrogen-bond donors (Lipinski definition) is 1. The van der Waals surface area contributed by atoms with E-state index in [-0.39, 0.29) is 11.8 Å². The van der Waals surface area contributed by atoms with Gasteiger partial charge in [0, 0.05) is 12.5 Å². The molecule has 0 bridgehead atoms. The number of carbonyl (C=O) groups is 1. The fourth-order valence-corrected chi connectivity index (χ4v) is 2.69. The van der Waals surface area contributed by atoms with Gasteiger partial charge in [-0.05, 0) is 23.7 Å². The summed E-state index contributed by atoms with van der Waals surface area (Å²) < 4.78 is 0. The van der Waals surface area contributed by atoms with Crippen molar-refractivity contribution >= 4 is 5.91 Å². The van der Waals surface area contributed by atoms with Gasteiger partial charge in [0.15, 0.2) is 0 Å². The normalized spacial score (nSPS) is 45.5. The third-order valence-electron chi connectivity index (χ3n) is 3.94. The Bertz CT molecular complexity index is 224. The maximum atomic E-state index is 11.3. The first-order chi connectivity index (χ1) is 5.58. The van der Waals surface area contributed by atoms with E-state index in [0.717, 1.165) is 6.54 Å². The zero-order valence-corrected chi connectivity index (χ0v) is 8.05. The van der Waals surface area contributed by atoms with Gasteiger partial charge in [-0.3, -0.25) is 4.79 Å². The van der Waals surface area contributed by atoms with Crippen LogP contribution >= 0.6 is 0 Å². The minimum atomic E-state index is 0.251. The molecule has 68 valence electrons. The van der Waals surface area contributed by atoms with Gasteiger partial charge in [-0.2, -0.15) is 0 Å². The van der Waals surface area contributed by atoms with Crippen LogP contribution in [0.3, 0.4) is 0 Å². The molecule has 2 heteroatoms. The number of hydrogen-bond acceptors (Lipinski definition) is 1. The van der Waals surface area contributed by atoms with Gasteiger partial charge in [-0.15, -0.1) is 0 Å². The SMILES string of the molecule is CC1C(=O)NCC2(C(C)C)CC12. The van der Waals surface area contributed by atoms with Gasteiger partial charge < -0.3 is 5.32 Å². The van der Waals surface area contributed by atoms with Crippen molar-refractivity contribution in [2.75, 3.05) is 6.54 Å². The Balaban J connectivity index is 2.15. The molecule has 1 N–H and O–H groups in total. The van der Waals surface area contributed by atoms with Crippen LogP contribution in [0, 0.1) is 23.2 Å². The van der Waals surface area contributed by atoms with E-state index in [1.165, 1.54) is 6.42 Å². The van der Waals surface area contributed by atoms with Crippen LogP contribution in [0.25, 0.3) is 0 Å². The highest BCUT2D eigenvalue weighted by Crippen LogP contribution is 2.62. The molecule has 0 radical (unpaired) electrons. The Hall–Kier alpha value is -0.530. The molecular weight excluding hydrogens is 150 g/mol. The lowest BCUT2D eigenvalue weighted by atomic mass is 9.83.